The lowest BCUT2D eigenvalue weighted by atomic mass is 10.1. The number of sulfonamides is 1. The van der Waals surface area contributed by atoms with Gasteiger partial charge >= 0.3 is 0 Å². The summed E-state index contributed by atoms with van der Waals surface area (Å²) in [4.78, 5) is 4.39. The van der Waals surface area contributed by atoms with Crippen molar-refractivity contribution in [1.82, 2.24) is 13.7 Å². The van der Waals surface area contributed by atoms with Gasteiger partial charge in [-0.2, -0.15) is 4.37 Å². The molecule has 0 amide bonds. The van der Waals surface area contributed by atoms with Crippen LogP contribution >= 0.6 is 11.5 Å². The summed E-state index contributed by atoms with van der Waals surface area (Å²) in [5.74, 6) is 0.785. The average molecular weight is 320 g/mol. The van der Waals surface area contributed by atoms with Gasteiger partial charge in [0.1, 0.15) is 5.82 Å². The number of aromatic nitrogens is 2. The van der Waals surface area contributed by atoms with E-state index in [-0.39, 0.29) is 6.04 Å². The van der Waals surface area contributed by atoms with Gasteiger partial charge in [-0.15, -0.1) is 0 Å². The smallest absolute Gasteiger partial charge is 0.211 e. The molecular formula is C11H20N4O3S2. The molecule has 0 saturated carbocycles. The number of nitrogens with zero attached hydrogens (tertiary/aromatic N) is 3. The molecule has 9 heteroatoms. The first-order valence-corrected chi connectivity index (χ1v) is 9.14. The average Bonchev–Trinajstić information content (AvgIpc) is 2.83. The number of nitrogens with one attached hydrogen (secondary N) is 1. The highest BCUT2D eigenvalue weighted by Crippen LogP contribution is 2.19. The summed E-state index contributed by atoms with van der Waals surface area (Å²) >= 11 is 1.34. The Morgan fingerprint density at radius 1 is 1.45 bits per heavy atom. The zero-order chi connectivity index (χ0) is 14.6. The van der Waals surface area contributed by atoms with Crippen LogP contribution in [0.3, 0.4) is 0 Å². The van der Waals surface area contributed by atoms with Crippen molar-refractivity contribution in [3.63, 3.8) is 0 Å². The number of hydrogen-bond acceptors (Lipinski definition) is 7. The van der Waals surface area contributed by atoms with Gasteiger partial charge < -0.3 is 10.1 Å². The lowest BCUT2D eigenvalue weighted by molar-refractivity contribution is 0.201. The lowest BCUT2D eigenvalue weighted by Gasteiger charge is -2.30. The van der Waals surface area contributed by atoms with Gasteiger partial charge in [0, 0.05) is 44.2 Å². The van der Waals surface area contributed by atoms with E-state index in [1.807, 2.05) is 0 Å². The van der Waals surface area contributed by atoms with Crippen molar-refractivity contribution in [3.8, 4) is 0 Å². The van der Waals surface area contributed by atoms with E-state index in [0.29, 0.717) is 26.1 Å². The Balaban J connectivity index is 1.82. The molecule has 0 radical (unpaired) electrons. The Morgan fingerprint density at radius 3 is 2.75 bits per heavy atom. The van der Waals surface area contributed by atoms with Crippen LogP contribution in [0.25, 0.3) is 0 Å². The van der Waals surface area contributed by atoms with Crippen molar-refractivity contribution in [2.45, 2.75) is 25.3 Å². The number of hydrogen-bond donors (Lipinski definition) is 1. The molecule has 1 N–H and O–H groups in total. The Kier molecular flexibility index (Phi) is 5.30. The van der Waals surface area contributed by atoms with E-state index in [2.05, 4.69) is 14.7 Å². The van der Waals surface area contributed by atoms with Crippen LogP contribution in [0.5, 0.6) is 0 Å². The summed E-state index contributed by atoms with van der Waals surface area (Å²) in [5.41, 5.74) is 0. The fourth-order valence-corrected chi connectivity index (χ4v) is 3.68. The molecule has 20 heavy (non-hydrogen) atoms. The standard InChI is InChI=1S/C11H20N4O3S2/c1-18-8-5-10-13-11(19-14-10)12-9-3-6-15(7-4-9)20(2,16)17/h9H,3-8H2,1-2H3,(H,12,13,14). The zero-order valence-electron chi connectivity index (χ0n) is 11.7. The van der Waals surface area contributed by atoms with Crippen LogP contribution in [0.1, 0.15) is 18.7 Å². The predicted octanol–water partition coefficient (Wildman–Crippen LogP) is 0.563. The molecule has 0 bridgehead atoms. The van der Waals surface area contributed by atoms with E-state index in [0.717, 1.165) is 23.8 Å². The largest absolute Gasteiger partial charge is 0.384 e. The number of ether oxygens (including phenoxy) is 1. The summed E-state index contributed by atoms with van der Waals surface area (Å²) in [6.07, 6.45) is 3.55. The number of anilines is 1. The minimum Gasteiger partial charge on any atom is -0.384 e. The first-order valence-electron chi connectivity index (χ1n) is 6.52. The van der Waals surface area contributed by atoms with Gasteiger partial charge in [-0.05, 0) is 12.8 Å². The van der Waals surface area contributed by atoms with Crippen LogP contribution in [-0.4, -0.2) is 61.2 Å². The summed E-state index contributed by atoms with van der Waals surface area (Å²) in [6, 6.07) is 0.260. The molecule has 1 aliphatic heterocycles. The highest BCUT2D eigenvalue weighted by molar-refractivity contribution is 7.88. The van der Waals surface area contributed by atoms with Crippen LogP contribution in [0, 0.1) is 0 Å². The van der Waals surface area contributed by atoms with Gasteiger partial charge in [0.15, 0.2) is 0 Å². The molecular weight excluding hydrogens is 300 g/mol. The van der Waals surface area contributed by atoms with Crippen molar-refractivity contribution in [2.24, 2.45) is 0 Å². The van der Waals surface area contributed by atoms with Gasteiger partial charge in [0.2, 0.25) is 15.2 Å². The highest BCUT2D eigenvalue weighted by atomic mass is 32.2. The lowest BCUT2D eigenvalue weighted by Crippen LogP contribution is -2.41. The molecule has 2 rings (SSSR count). The maximum absolute atomic E-state index is 11.4. The molecule has 7 nitrogen and oxygen atoms in total. The molecule has 1 aromatic rings. The van der Waals surface area contributed by atoms with Gasteiger partial charge in [-0.25, -0.2) is 17.7 Å². The van der Waals surface area contributed by atoms with Crippen molar-refractivity contribution >= 4 is 26.7 Å². The summed E-state index contributed by atoms with van der Waals surface area (Å²) < 4.78 is 33.6. The molecule has 1 aliphatic rings. The number of rotatable bonds is 6. The third-order valence-corrected chi connectivity index (χ3v) is 5.24. The van der Waals surface area contributed by atoms with Crippen molar-refractivity contribution in [3.05, 3.63) is 5.82 Å². The summed E-state index contributed by atoms with van der Waals surface area (Å²) in [5, 5.41) is 4.13. The van der Waals surface area contributed by atoms with Crippen LogP contribution in [0.15, 0.2) is 0 Å². The van der Waals surface area contributed by atoms with Crippen LogP contribution in [0.4, 0.5) is 5.13 Å². The molecule has 114 valence electrons. The summed E-state index contributed by atoms with van der Waals surface area (Å²) in [6.45, 7) is 1.74. The molecule has 0 atom stereocenters. The molecule has 1 aromatic heterocycles. The molecule has 1 saturated heterocycles. The second kappa shape index (κ2) is 6.79. The van der Waals surface area contributed by atoms with E-state index in [1.165, 1.54) is 22.1 Å². The van der Waals surface area contributed by atoms with Crippen LogP contribution in [0.2, 0.25) is 0 Å². The van der Waals surface area contributed by atoms with Gasteiger partial charge in [0.25, 0.3) is 0 Å². The van der Waals surface area contributed by atoms with E-state index < -0.39 is 10.0 Å². The van der Waals surface area contributed by atoms with E-state index in [9.17, 15) is 8.42 Å². The fourth-order valence-electron chi connectivity index (χ4n) is 2.11. The summed E-state index contributed by atoms with van der Waals surface area (Å²) in [7, 11) is -1.41. The fraction of sp³-hybridized carbons (Fsp3) is 0.818. The Morgan fingerprint density at radius 2 is 2.15 bits per heavy atom. The maximum atomic E-state index is 11.4. The number of piperidine rings is 1. The zero-order valence-corrected chi connectivity index (χ0v) is 13.3. The third-order valence-electron chi connectivity index (χ3n) is 3.25. The van der Waals surface area contributed by atoms with Crippen molar-refractivity contribution in [1.29, 1.82) is 0 Å². The van der Waals surface area contributed by atoms with Crippen molar-refractivity contribution < 1.29 is 13.2 Å². The second-order valence-electron chi connectivity index (χ2n) is 4.84. The van der Waals surface area contributed by atoms with Gasteiger partial charge in [0.05, 0.1) is 12.9 Å². The van der Waals surface area contributed by atoms with E-state index in [4.69, 9.17) is 4.74 Å². The SMILES string of the molecule is COCCc1nsc(NC2CCN(S(C)(=O)=O)CC2)n1. The van der Waals surface area contributed by atoms with E-state index >= 15 is 0 Å². The molecule has 0 spiro atoms. The molecule has 0 unspecified atom stereocenters. The van der Waals surface area contributed by atoms with E-state index in [1.54, 1.807) is 7.11 Å². The highest BCUT2D eigenvalue weighted by Gasteiger charge is 2.25. The first kappa shape index (κ1) is 15.6. The molecule has 0 aromatic carbocycles. The molecule has 1 fully saturated rings. The van der Waals surface area contributed by atoms with Crippen LogP contribution < -0.4 is 5.32 Å². The Bertz CT molecular complexity index is 524. The normalized spacial score (nSPS) is 18.3. The van der Waals surface area contributed by atoms with Gasteiger partial charge in [-0.3, -0.25) is 0 Å². The quantitative estimate of drug-likeness (QED) is 0.824. The minimum atomic E-state index is -3.06. The maximum Gasteiger partial charge on any atom is 0.211 e. The monoisotopic (exact) mass is 320 g/mol. The van der Waals surface area contributed by atoms with Crippen LogP contribution in [-0.2, 0) is 21.2 Å². The second-order valence-corrected chi connectivity index (χ2v) is 7.57. The topological polar surface area (TPSA) is 84.4 Å². The Labute approximate surface area is 123 Å². The first-order chi connectivity index (χ1) is 9.49. The molecule has 0 aliphatic carbocycles. The molecule has 2 heterocycles. The minimum absolute atomic E-state index is 0.260. The Hall–Kier alpha value is -0.770. The van der Waals surface area contributed by atoms with Gasteiger partial charge in [-0.1, -0.05) is 0 Å². The number of methoxy groups -OCH3 is 1. The predicted molar refractivity (Wildman–Crippen MR) is 78.6 cm³/mol. The third kappa shape index (κ3) is 4.37. The van der Waals surface area contributed by atoms with Crippen molar-refractivity contribution in [2.75, 3.05) is 38.4 Å².